The zero-order chi connectivity index (χ0) is 23.9. The second kappa shape index (κ2) is 23.4. The van der Waals surface area contributed by atoms with Crippen molar-refractivity contribution >= 4 is 17.7 Å². The number of carbonyl (C=O) groups excluding carboxylic acids is 3. The summed E-state index contributed by atoms with van der Waals surface area (Å²) in [6.45, 7) is 1.93. The number of hydrogen-bond acceptors (Lipinski definition) is 9. The molecule has 3 amide bonds. The number of primary amides is 3. The molecule has 30 heavy (non-hydrogen) atoms. The lowest BCUT2D eigenvalue weighted by Gasteiger charge is -2.04. The van der Waals surface area contributed by atoms with Gasteiger partial charge in [-0.1, -0.05) is 19.3 Å². The summed E-state index contributed by atoms with van der Waals surface area (Å²) in [6.07, 6.45) is 7.27. The van der Waals surface area contributed by atoms with Crippen LogP contribution in [0.2, 0.25) is 0 Å². The van der Waals surface area contributed by atoms with Gasteiger partial charge in [-0.05, 0) is 58.2 Å². The van der Waals surface area contributed by atoms with Gasteiger partial charge in [0.1, 0.15) is 0 Å². The van der Waals surface area contributed by atoms with Gasteiger partial charge in [-0.25, -0.2) is 0 Å². The second-order valence-corrected chi connectivity index (χ2v) is 6.88. The predicted octanol–water partition coefficient (Wildman–Crippen LogP) is -3.22. The lowest BCUT2D eigenvalue weighted by Crippen LogP contribution is -2.36. The highest BCUT2D eigenvalue weighted by Gasteiger charge is 2.08. The average molecular weight is 436 g/mol. The van der Waals surface area contributed by atoms with E-state index >= 15 is 0 Å². The zero-order valence-corrected chi connectivity index (χ0v) is 18.1. The van der Waals surface area contributed by atoms with Crippen molar-refractivity contribution in [2.45, 2.75) is 75.9 Å². The van der Waals surface area contributed by atoms with E-state index in [2.05, 4.69) is 0 Å². The van der Waals surface area contributed by atoms with Crippen LogP contribution in [0.3, 0.4) is 0 Å². The van der Waals surface area contributed by atoms with Crippen molar-refractivity contribution in [1.82, 2.24) is 0 Å². The molecule has 0 rings (SSSR count). The summed E-state index contributed by atoms with van der Waals surface area (Å²) in [6, 6.07) is -1.48. The van der Waals surface area contributed by atoms with Crippen molar-refractivity contribution in [2.75, 3.05) is 19.6 Å². The summed E-state index contributed by atoms with van der Waals surface area (Å²) >= 11 is 0. The van der Waals surface area contributed by atoms with Crippen molar-refractivity contribution in [1.29, 1.82) is 0 Å². The molecule has 0 aromatic heterocycles. The lowest BCUT2D eigenvalue weighted by atomic mass is 10.1. The molecule has 0 aliphatic rings. The van der Waals surface area contributed by atoms with Gasteiger partial charge in [0, 0.05) is 0 Å². The molecule has 18 N–H and O–H groups in total. The number of carbonyl (C=O) groups is 3. The van der Waals surface area contributed by atoms with E-state index in [-0.39, 0.29) is 0 Å². The van der Waals surface area contributed by atoms with E-state index in [0.717, 1.165) is 38.5 Å². The Morgan fingerprint density at radius 2 is 0.667 bits per heavy atom. The molecular formula is C18H45N9O3. The SMILES string of the molecule is NCCCC[C@H](N)C(N)=O.NCCCC[C@H](N)C(N)=O.NCCCC[C@H](N)C(N)=O. The van der Waals surface area contributed by atoms with E-state index in [1.54, 1.807) is 0 Å². The Morgan fingerprint density at radius 1 is 0.467 bits per heavy atom. The standard InChI is InChI=1S/3C6H15N3O/c3*7-4-2-1-3-5(8)6(9)10/h3*5H,1-4,7-8H2,(H2,9,10)/t3*5-/m000/s1. The monoisotopic (exact) mass is 435 g/mol. The van der Waals surface area contributed by atoms with Crippen molar-refractivity contribution in [2.24, 2.45) is 51.6 Å². The van der Waals surface area contributed by atoms with E-state index in [0.29, 0.717) is 38.9 Å². The average Bonchev–Trinajstić information content (AvgIpc) is 2.69. The van der Waals surface area contributed by atoms with E-state index in [1.807, 2.05) is 0 Å². The van der Waals surface area contributed by atoms with Crippen LogP contribution in [0.15, 0.2) is 0 Å². The molecule has 0 aliphatic heterocycles. The molecule has 12 heteroatoms. The minimum Gasteiger partial charge on any atom is -0.368 e. The van der Waals surface area contributed by atoms with Crippen LogP contribution in [-0.4, -0.2) is 55.5 Å². The molecule has 3 atom stereocenters. The number of hydrogen-bond donors (Lipinski definition) is 9. The quantitative estimate of drug-likeness (QED) is 0.117. The fraction of sp³-hybridized carbons (Fsp3) is 0.833. The molecule has 0 aromatic rings. The maximum absolute atomic E-state index is 10.4. The van der Waals surface area contributed by atoms with Crippen LogP contribution in [0, 0.1) is 0 Å². The lowest BCUT2D eigenvalue weighted by molar-refractivity contribution is -0.120. The van der Waals surface area contributed by atoms with Gasteiger partial charge >= 0.3 is 0 Å². The van der Waals surface area contributed by atoms with Gasteiger partial charge in [0.05, 0.1) is 18.1 Å². The number of unbranched alkanes of at least 4 members (excludes halogenated alkanes) is 3. The highest BCUT2D eigenvalue weighted by Crippen LogP contribution is 1.97. The molecule has 0 heterocycles. The summed E-state index contributed by atoms with van der Waals surface area (Å²) in [5.74, 6) is -1.30. The fourth-order valence-corrected chi connectivity index (χ4v) is 1.95. The topological polar surface area (TPSA) is 285 Å². The largest absolute Gasteiger partial charge is 0.368 e. The first-order valence-electron chi connectivity index (χ1n) is 10.3. The van der Waals surface area contributed by atoms with Crippen LogP contribution < -0.4 is 51.6 Å². The summed E-state index contributed by atoms with van der Waals surface area (Å²) in [5.41, 5.74) is 46.5. The van der Waals surface area contributed by atoms with E-state index in [9.17, 15) is 14.4 Å². The third kappa shape index (κ3) is 26.2. The molecule has 0 saturated heterocycles. The Hall–Kier alpha value is -1.83. The predicted molar refractivity (Wildman–Crippen MR) is 120 cm³/mol. The van der Waals surface area contributed by atoms with Gasteiger partial charge in [0.2, 0.25) is 17.7 Å². The van der Waals surface area contributed by atoms with Crippen molar-refractivity contribution in [3.8, 4) is 0 Å². The highest BCUT2D eigenvalue weighted by atomic mass is 16.2. The van der Waals surface area contributed by atoms with Crippen LogP contribution in [0.25, 0.3) is 0 Å². The molecule has 0 unspecified atom stereocenters. The number of rotatable bonds is 15. The third-order valence-corrected chi connectivity index (χ3v) is 4.00. The van der Waals surface area contributed by atoms with Crippen molar-refractivity contribution in [3.63, 3.8) is 0 Å². The molecule has 0 aromatic carbocycles. The van der Waals surface area contributed by atoms with Crippen LogP contribution >= 0.6 is 0 Å². The molecular weight excluding hydrogens is 390 g/mol. The second-order valence-electron chi connectivity index (χ2n) is 6.88. The van der Waals surface area contributed by atoms with Crippen molar-refractivity contribution in [3.05, 3.63) is 0 Å². The summed E-state index contributed by atoms with van der Waals surface area (Å²) in [7, 11) is 0. The first kappa shape index (κ1) is 32.8. The van der Waals surface area contributed by atoms with Gasteiger partial charge < -0.3 is 51.6 Å². The molecule has 12 nitrogen and oxygen atoms in total. The van der Waals surface area contributed by atoms with Gasteiger partial charge in [-0.3, -0.25) is 14.4 Å². The third-order valence-electron chi connectivity index (χ3n) is 4.00. The van der Waals surface area contributed by atoms with E-state index < -0.39 is 35.8 Å². The van der Waals surface area contributed by atoms with Crippen LogP contribution in [0.5, 0.6) is 0 Å². The minimum atomic E-state index is -0.494. The molecule has 0 bridgehead atoms. The fourth-order valence-electron chi connectivity index (χ4n) is 1.95. The van der Waals surface area contributed by atoms with Gasteiger partial charge in [0.25, 0.3) is 0 Å². The number of amides is 3. The Kier molecular flexibility index (Phi) is 25.7. The normalized spacial score (nSPS) is 13.0. The summed E-state index contributed by atoms with van der Waals surface area (Å²) in [4.78, 5) is 31.1. The highest BCUT2D eigenvalue weighted by molar-refractivity contribution is 5.80. The molecule has 0 spiro atoms. The molecule has 0 aliphatic carbocycles. The van der Waals surface area contributed by atoms with Crippen LogP contribution in [-0.2, 0) is 14.4 Å². The Balaban J connectivity index is -0.000000364. The van der Waals surface area contributed by atoms with Gasteiger partial charge in [0.15, 0.2) is 0 Å². The van der Waals surface area contributed by atoms with E-state index in [4.69, 9.17) is 51.6 Å². The minimum absolute atomic E-state index is 0.433. The van der Waals surface area contributed by atoms with E-state index in [1.165, 1.54) is 0 Å². The molecule has 180 valence electrons. The van der Waals surface area contributed by atoms with Crippen LogP contribution in [0.4, 0.5) is 0 Å². The molecule has 0 radical (unpaired) electrons. The summed E-state index contributed by atoms with van der Waals surface area (Å²) < 4.78 is 0. The maximum atomic E-state index is 10.4. The first-order valence-corrected chi connectivity index (χ1v) is 10.3. The zero-order valence-electron chi connectivity index (χ0n) is 18.1. The van der Waals surface area contributed by atoms with Crippen LogP contribution in [0.1, 0.15) is 57.8 Å². The van der Waals surface area contributed by atoms with Crippen molar-refractivity contribution < 1.29 is 14.4 Å². The van der Waals surface area contributed by atoms with Gasteiger partial charge in [-0.15, -0.1) is 0 Å². The Labute approximate surface area is 179 Å². The maximum Gasteiger partial charge on any atom is 0.234 e. The number of nitrogens with two attached hydrogens (primary N) is 9. The van der Waals surface area contributed by atoms with Gasteiger partial charge in [-0.2, -0.15) is 0 Å². The Morgan fingerprint density at radius 3 is 0.800 bits per heavy atom. The molecule has 0 fully saturated rings. The first-order chi connectivity index (χ1) is 14.0. The summed E-state index contributed by atoms with van der Waals surface area (Å²) in [5, 5.41) is 0. The molecule has 0 saturated carbocycles. The Bertz CT molecular complexity index is 377. The smallest absolute Gasteiger partial charge is 0.234 e.